The Balaban J connectivity index is 1.30. The first-order valence-electron chi connectivity index (χ1n) is 10.2. The van der Waals surface area contributed by atoms with Gasteiger partial charge >= 0.3 is 0 Å². The lowest BCUT2D eigenvalue weighted by Crippen LogP contribution is -2.32. The van der Waals surface area contributed by atoms with Gasteiger partial charge in [-0.05, 0) is 44.4 Å². The van der Waals surface area contributed by atoms with Crippen LogP contribution in [0.4, 0.5) is 5.82 Å². The van der Waals surface area contributed by atoms with Gasteiger partial charge in [-0.2, -0.15) is 0 Å². The number of amides is 1. The number of hydrogen-bond donors (Lipinski definition) is 2. The molecule has 28 heavy (non-hydrogen) atoms. The van der Waals surface area contributed by atoms with Crippen LogP contribution in [0.5, 0.6) is 5.75 Å². The summed E-state index contributed by atoms with van der Waals surface area (Å²) >= 11 is 0. The number of ether oxygens (including phenoxy) is 1. The molecule has 2 fully saturated rings. The van der Waals surface area contributed by atoms with Gasteiger partial charge in [-0.1, -0.05) is 18.2 Å². The van der Waals surface area contributed by atoms with E-state index in [1.54, 1.807) is 6.20 Å². The molecule has 0 bridgehead atoms. The Morgan fingerprint density at radius 3 is 2.79 bits per heavy atom. The number of rotatable bonds is 8. The molecule has 1 aliphatic carbocycles. The van der Waals surface area contributed by atoms with Gasteiger partial charge in [0.25, 0.3) is 5.91 Å². The molecule has 0 spiro atoms. The van der Waals surface area contributed by atoms with Crippen LogP contribution in [0, 0.1) is 0 Å². The number of carbonyl (C=O) groups excluding carboxylic acids is 1. The lowest BCUT2D eigenvalue weighted by atomic mass is 10.2. The van der Waals surface area contributed by atoms with Crippen LogP contribution in [0.3, 0.4) is 0 Å². The third-order valence-electron chi connectivity index (χ3n) is 5.29. The number of nitrogens with zero attached hydrogens (tertiary/aromatic N) is 2. The minimum Gasteiger partial charge on any atom is -0.494 e. The van der Waals surface area contributed by atoms with Gasteiger partial charge in [-0.15, -0.1) is 0 Å². The molecule has 2 aromatic rings. The number of pyridine rings is 1. The van der Waals surface area contributed by atoms with Crippen molar-refractivity contribution < 1.29 is 9.53 Å². The highest BCUT2D eigenvalue weighted by Crippen LogP contribution is 2.22. The number of carbonyl (C=O) groups is 1. The minimum atomic E-state index is -0.0181. The third-order valence-corrected chi connectivity index (χ3v) is 5.29. The van der Waals surface area contributed by atoms with Crippen LogP contribution < -0.4 is 20.3 Å². The van der Waals surface area contributed by atoms with Crippen molar-refractivity contribution in [1.82, 2.24) is 15.6 Å². The molecule has 2 N–H and O–H groups in total. The molecule has 6 nitrogen and oxygen atoms in total. The average molecular weight is 380 g/mol. The summed E-state index contributed by atoms with van der Waals surface area (Å²) < 4.78 is 5.71. The van der Waals surface area contributed by atoms with Crippen molar-refractivity contribution >= 4 is 11.7 Å². The average Bonchev–Trinajstić information content (AvgIpc) is 3.41. The Kier molecular flexibility index (Phi) is 5.76. The normalized spacial score (nSPS) is 18.9. The Bertz CT molecular complexity index is 804. The molecule has 2 heterocycles. The van der Waals surface area contributed by atoms with Crippen molar-refractivity contribution in [3.05, 3.63) is 53.7 Å². The quantitative estimate of drug-likeness (QED) is 0.737. The van der Waals surface area contributed by atoms with Crippen LogP contribution in [0.15, 0.2) is 42.6 Å². The van der Waals surface area contributed by atoms with Gasteiger partial charge in [-0.25, -0.2) is 4.98 Å². The maximum atomic E-state index is 12.1. The van der Waals surface area contributed by atoms with Gasteiger partial charge in [0.2, 0.25) is 0 Å². The van der Waals surface area contributed by atoms with Crippen LogP contribution in [0.1, 0.15) is 42.1 Å². The summed E-state index contributed by atoms with van der Waals surface area (Å²) in [5, 5.41) is 6.64. The molecule has 148 valence electrons. The van der Waals surface area contributed by atoms with Crippen LogP contribution in [0.25, 0.3) is 0 Å². The number of anilines is 1. The number of hydrogen-bond acceptors (Lipinski definition) is 5. The fourth-order valence-corrected chi connectivity index (χ4v) is 3.54. The largest absolute Gasteiger partial charge is 0.494 e. The summed E-state index contributed by atoms with van der Waals surface area (Å²) in [4.78, 5) is 18.9. The summed E-state index contributed by atoms with van der Waals surface area (Å²) in [6.45, 7) is 5.35. The summed E-state index contributed by atoms with van der Waals surface area (Å²) in [7, 11) is 0. The van der Waals surface area contributed by atoms with E-state index >= 15 is 0 Å². The first kappa shape index (κ1) is 18.7. The molecule has 1 unspecified atom stereocenters. The van der Waals surface area contributed by atoms with E-state index in [9.17, 15) is 4.79 Å². The molecule has 1 atom stereocenters. The standard InChI is InChI=1S/C22H28N4O2/c1-2-28-20-6-4-3-5-16(20)13-23-19-11-12-26(15-19)21-10-7-17(14-24-21)22(27)25-18-8-9-18/h3-7,10,14,18-19,23H,2,8-9,11-13,15H2,1H3,(H,25,27). The molecular weight excluding hydrogens is 352 g/mol. The second-order valence-corrected chi connectivity index (χ2v) is 7.51. The van der Waals surface area contributed by atoms with E-state index in [0.29, 0.717) is 24.3 Å². The van der Waals surface area contributed by atoms with Crippen molar-refractivity contribution in [3.8, 4) is 5.75 Å². The predicted molar refractivity (Wildman–Crippen MR) is 110 cm³/mol. The first-order chi connectivity index (χ1) is 13.7. The number of para-hydroxylation sites is 1. The van der Waals surface area contributed by atoms with E-state index in [1.807, 2.05) is 37.3 Å². The maximum absolute atomic E-state index is 12.1. The van der Waals surface area contributed by atoms with E-state index in [4.69, 9.17) is 4.74 Å². The molecule has 0 radical (unpaired) electrons. The maximum Gasteiger partial charge on any atom is 0.253 e. The van der Waals surface area contributed by atoms with Gasteiger partial charge in [0.15, 0.2) is 0 Å². The Morgan fingerprint density at radius 1 is 1.18 bits per heavy atom. The fourth-order valence-electron chi connectivity index (χ4n) is 3.54. The molecular formula is C22H28N4O2. The Labute approximate surface area is 166 Å². The predicted octanol–water partition coefficient (Wildman–Crippen LogP) is 2.74. The topological polar surface area (TPSA) is 66.5 Å². The summed E-state index contributed by atoms with van der Waals surface area (Å²) in [5.41, 5.74) is 1.82. The lowest BCUT2D eigenvalue weighted by molar-refractivity contribution is 0.0950. The van der Waals surface area contributed by atoms with E-state index in [-0.39, 0.29) is 5.91 Å². The Morgan fingerprint density at radius 2 is 2.04 bits per heavy atom. The molecule has 1 aliphatic heterocycles. The van der Waals surface area contributed by atoms with Gasteiger partial charge in [-0.3, -0.25) is 4.79 Å². The molecule has 2 aliphatic rings. The number of benzene rings is 1. The molecule has 1 amide bonds. The Hall–Kier alpha value is -2.60. The zero-order valence-electron chi connectivity index (χ0n) is 16.4. The van der Waals surface area contributed by atoms with Crippen LogP contribution >= 0.6 is 0 Å². The second kappa shape index (κ2) is 8.61. The molecule has 1 saturated heterocycles. The number of nitrogens with one attached hydrogen (secondary N) is 2. The summed E-state index contributed by atoms with van der Waals surface area (Å²) in [5.74, 6) is 1.87. The van der Waals surface area contributed by atoms with Crippen molar-refractivity contribution in [2.45, 2.75) is 44.8 Å². The van der Waals surface area contributed by atoms with Crippen molar-refractivity contribution in [2.75, 3.05) is 24.6 Å². The lowest BCUT2D eigenvalue weighted by Gasteiger charge is -2.19. The van der Waals surface area contributed by atoms with E-state index in [1.165, 1.54) is 5.56 Å². The van der Waals surface area contributed by atoms with Gasteiger partial charge in [0, 0.05) is 43.5 Å². The van der Waals surface area contributed by atoms with Gasteiger partial charge in [0.05, 0.1) is 12.2 Å². The smallest absolute Gasteiger partial charge is 0.253 e. The first-order valence-corrected chi connectivity index (χ1v) is 10.2. The van der Waals surface area contributed by atoms with Crippen molar-refractivity contribution in [1.29, 1.82) is 0 Å². The summed E-state index contributed by atoms with van der Waals surface area (Å²) in [6.07, 6.45) is 4.94. The zero-order chi connectivity index (χ0) is 19.3. The fraction of sp³-hybridized carbons (Fsp3) is 0.455. The van der Waals surface area contributed by atoms with Gasteiger partial charge < -0.3 is 20.3 Å². The molecule has 6 heteroatoms. The highest BCUT2D eigenvalue weighted by Gasteiger charge is 2.25. The van der Waals surface area contributed by atoms with Crippen LogP contribution in [-0.2, 0) is 6.54 Å². The van der Waals surface area contributed by atoms with Crippen LogP contribution in [-0.4, -0.2) is 42.7 Å². The molecule has 1 aromatic carbocycles. The highest BCUT2D eigenvalue weighted by atomic mass is 16.5. The number of aromatic nitrogens is 1. The third kappa shape index (κ3) is 4.62. The van der Waals surface area contributed by atoms with Crippen LogP contribution in [0.2, 0.25) is 0 Å². The zero-order valence-corrected chi connectivity index (χ0v) is 16.4. The highest BCUT2D eigenvalue weighted by molar-refractivity contribution is 5.94. The van der Waals surface area contributed by atoms with Gasteiger partial charge in [0.1, 0.15) is 11.6 Å². The summed E-state index contributed by atoms with van der Waals surface area (Å²) in [6, 6.07) is 12.8. The monoisotopic (exact) mass is 380 g/mol. The molecule has 1 aromatic heterocycles. The van der Waals surface area contributed by atoms with E-state index in [2.05, 4.69) is 26.6 Å². The molecule has 4 rings (SSSR count). The van der Waals surface area contributed by atoms with Crippen molar-refractivity contribution in [3.63, 3.8) is 0 Å². The van der Waals surface area contributed by atoms with Crippen molar-refractivity contribution in [2.24, 2.45) is 0 Å². The van der Waals surface area contributed by atoms with E-state index in [0.717, 1.165) is 50.5 Å². The second-order valence-electron chi connectivity index (χ2n) is 7.51. The minimum absolute atomic E-state index is 0.0181. The SMILES string of the molecule is CCOc1ccccc1CNC1CCN(c2ccc(C(=O)NC3CC3)cn2)C1. The molecule has 1 saturated carbocycles. The van der Waals surface area contributed by atoms with E-state index < -0.39 is 0 Å².